The van der Waals surface area contributed by atoms with E-state index in [-0.39, 0.29) is 12.6 Å². The second-order valence-electron chi connectivity index (χ2n) is 5.59. The van der Waals surface area contributed by atoms with Gasteiger partial charge in [0.05, 0.1) is 15.7 Å². The first kappa shape index (κ1) is 17.5. The van der Waals surface area contributed by atoms with Crippen LogP contribution in [0.1, 0.15) is 20.2 Å². The zero-order valence-corrected chi connectivity index (χ0v) is 16.7. The molecule has 3 heterocycles. The molecule has 132 valence electrons. The summed E-state index contributed by atoms with van der Waals surface area (Å²) in [6, 6.07) is 12.9. The third-order valence-electron chi connectivity index (χ3n) is 3.79. The first-order chi connectivity index (χ1) is 12.5. The van der Waals surface area contributed by atoms with Gasteiger partial charge < -0.3 is 4.74 Å². The largest absolute Gasteiger partial charge is 0.456 e. The number of aryl methyl sites for hydroxylation is 1. The zero-order valence-electron chi connectivity index (χ0n) is 13.5. The number of aromatic nitrogens is 2. The molecule has 4 nitrogen and oxygen atoms in total. The Bertz CT molecular complexity index is 1100. The van der Waals surface area contributed by atoms with Gasteiger partial charge in [-0.05, 0) is 49.4 Å². The van der Waals surface area contributed by atoms with Crippen LogP contribution in [0.25, 0.3) is 15.9 Å². The van der Waals surface area contributed by atoms with Crippen LogP contribution in [0.15, 0.2) is 42.5 Å². The molecule has 4 rings (SSSR count). The first-order valence-corrected chi connectivity index (χ1v) is 10.1. The predicted molar refractivity (Wildman–Crippen MR) is 107 cm³/mol. The van der Waals surface area contributed by atoms with E-state index in [1.165, 1.54) is 22.7 Å². The normalized spacial score (nSPS) is 11.2. The lowest BCUT2D eigenvalue weighted by Crippen LogP contribution is -2.02. The summed E-state index contributed by atoms with van der Waals surface area (Å²) in [6.07, 6.45) is 0. The topological polar surface area (TPSA) is 44.1 Å². The van der Waals surface area contributed by atoms with Crippen LogP contribution in [-0.4, -0.2) is 15.7 Å². The van der Waals surface area contributed by atoms with Crippen molar-refractivity contribution in [1.82, 2.24) is 9.78 Å². The van der Waals surface area contributed by atoms with E-state index in [2.05, 4.69) is 5.10 Å². The van der Waals surface area contributed by atoms with Gasteiger partial charge in [0.15, 0.2) is 0 Å². The number of esters is 1. The van der Waals surface area contributed by atoms with Crippen molar-refractivity contribution in [2.24, 2.45) is 0 Å². The SMILES string of the molecule is Cc1nn(-c2ccc(Cl)cc2)c2sc(C(=O)OCc3ccc(Cl)s3)cc12. The molecule has 4 aromatic rings. The molecule has 0 saturated heterocycles. The summed E-state index contributed by atoms with van der Waals surface area (Å²) in [5, 5.41) is 6.17. The minimum atomic E-state index is -0.349. The average Bonchev–Trinajstić information content (AvgIpc) is 3.31. The molecule has 26 heavy (non-hydrogen) atoms. The fourth-order valence-corrected chi connectivity index (χ4v) is 4.75. The van der Waals surface area contributed by atoms with Crippen LogP contribution in [0.4, 0.5) is 0 Å². The van der Waals surface area contributed by atoms with Crippen molar-refractivity contribution in [1.29, 1.82) is 0 Å². The molecule has 1 aromatic carbocycles. The van der Waals surface area contributed by atoms with E-state index in [0.717, 1.165) is 26.5 Å². The zero-order chi connectivity index (χ0) is 18.3. The Kier molecular flexibility index (Phi) is 4.75. The number of halogens is 2. The fourth-order valence-electron chi connectivity index (χ4n) is 2.54. The van der Waals surface area contributed by atoms with Gasteiger partial charge in [0.1, 0.15) is 16.3 Å². The highest BCUT2D eigenvalue weighted by molar-refractivity contribution is 7.20. The maximum Gasteiger partial charge on any atom is 0.348 e. The molecule has 0 aliphatic carbocycles. The second kappa shape index (κ2) is 7.04. The number of hydrogen-bond donors (Lipinski definition) is 0. The van der Waals surface area contributed by atoms with Gasteiger partial charge in [-0.15, -0.1) is 22.7 Å². The third kappa shape index (κ3) is 3.38. The summed E-state index contributed by atoms with van der Waals surface area (Å²) in [5.41, 5.74) is 1.75. The van der Waals surface area contributed by atoms with E-state index in [4.69, 9.17) is 27.9 Å². The highest BCUT2D eigenvalue weighted by Crippen LogP contribution is 2.31. The molecule has 0 spiro atoms. The number of rotatable bonds is 4. The average molecular weight is 423 g/mol. The Hall–Kier alpha value is -1.86. The Morgan fingerprint density at radius 2 is 1.92 bits per heavy atom. The van der Waals surface area contributed by atoms with Crippen molar-refractivity contribution in [2.45, 2.75) is 13.5 Å². The minimum absolute atomic E-state index is 0.215. The third-order valence-corrected chi connectivity index (χ3v) is 6.34. The highest BCUT2D eigenvalue weighted by Gasteiger charge is 2.18. The van der Waals surface area contributed by atoms with Crippen LogP contribution < -0.4 is 0 Å². The van der Waals surface area contributed by atoms with Crippen molar-refractivity contribution >= 4 is 62.1 Å². The Balaban J connectivity index is 1.61. The molecule has 0 atom stereocenters. The molecule has 0 fully saturated rings. The van der Waals surface area contributed by atoms with Crippen molar-refractivity contribution < 1.29 is 9.53 Å². The monoisotopic (exact) mass is 422 g/mol. The van der Waals surface area contributed by atoms with Gasteiger partial charge in [-0.2, -0.15) is 5.10 Å². The summed E-state index contributed by atoms with van der Waals surface area (Å²) in [7, 11) is 0. The Labute approximate surface area is 167 Å². The standard InChI is InChI=1S/C18H12Cl2N2O2S2/c1-10-14-8-15(18(23)24-9-13-6-7-16(20)25-13)26-17(14)22(21-10)12-4-2-11(19)3-5-12/h2-8H,9H2,1H3. The van der Waals surface area contributed by atoms with E-state index in [1.807, 2.05) is 48.0 Å². The fraction of sp³-hybridized carbons (Fsp3) is 0.111. The summed E-state index contributed by atoms with van der Waals surface area (Å²) in [5.74, 6) is -0.349. The predicted octanol–water partition coefficient (Wildman–Crippen LogP) is 6.12. The quantitative estimate of drug-likeness (QED) is 0.372. The first-order valence-electron chi connectivity index (χ1n) is 7.68. The second-order valence-corrected chi connectivity index (χ2v) is 8.85. The van der Waals surface area contributed by atoms with Crippen LogP contribution in [0.5, 0.6) is 0 Å². The maximum absolute atomic E-state index is 12.4. The summed E-state index contributed by atoms with van der Waals surface area (Å²) in [6.45, 7) is 2.14. The molecule has 0 bridgehead atoms. The van der Waals surface area contributed by atoms with E-state index < -0.39 is 0 Å². The number of carbonyl (C=O) groups is 1. The lowest BCUT2D eigenvalue weighted by atomic mass is 10.3. The molecular formula is C18H12Cl2N2O2S2. The molecule has 0 amide bonds. The van der Waals surface area contributed by atoms with Crippen molar-refractivity contribution in [3.05, 3.63) is 67.3 Å². The van der Waals surface area contributed by atoms with Crippen molar-refractivity contribution in [2.75, 3.05) is 0 Å². The van der Waals surface area contributed by atoms with E-state index in [9.17, 15) is 4.79 Å². The van der Waals surface area contributed by atoms with Gasteiger partial charge in [0.2, 0.25) is 0 Å². The van der Waals surface area contributed by atoms with Crippen LogP contribution in [0, 0.1) is 6.92 Å². The van der Waals surface area contributed by atoms with Gasteiger partial charge in [0.25, 0.3) is 0 Å². The molecule has 0 aliphatic rings. The number of benzene rings is 1. The van der Waals surface area contributed by atoms with Gasteiger partial charge in [-0.3, -0.25) is 0 Å². The molecule has 0 saturated carbocycles. The molecule has 0 radical (unpaired) electrons. The number of carbonyl (C=O) groups excluding carboxylic acids is 1. The van der Waals surface area contributed by atoms with Crippen LogP contribution in [0.3, 0.4) is 0 Å². The van der Waals surface area contributed by atoms with Gasteiger partial charge in [-0.25, -0.2) is 9.48 Å². The number of thiophene rings is 2. The van der Waals surface area contributed by atoms with Gasteiger partial charge in [0, 0.05) is 15.3 Å². The van der Waals surface area contributed by atoms with Crippen LogP contribution in [-0.2, 0) is 11.3 Å². The molecule has 8 heteroatoms. The lowest BCUT2D eigenvalue weighted by molar-refractivity contribution is 0.0482. The molecular weight excluding hydrogens is 411 g/mol. The van der Waals surface area contributed by atoms with Crippen molar-refractivity contribution in [3.63, 3.8) is 0 Å². The van der Waals surface area contributed by atoms with Crippen LogP contribution >= 0.6 is 45.9 Å². The van der Waals surface area contributed by atoms with Crippen LogP contribution in [0.2, 0.25) is 9.36 Å². The Morgan fingerprint density at radius 3 is 2.62 bits per heavy atom. The summed E-state index contributed by atoms with van der Waals surface area (Å²) >= 11 is 14.6. The van der Waals surface area contributed by atoms with Gasteiger partial charge >= 0.3 is 5.97 Å². The van der Waals surface area contributed by atoms with E-state index >= 15 is 0 Å². The molecule has 0 aliphatic heterocycles. The Morgan fingerprint density at radius 1 is 1.15 bits per heavy atom. The molecule has 3 aromatic heterocycles. The summed E-state index contributed by atoms with van der Waals surface area (Å²) in [4.78, 5) is 14.8. The minimum Gasteiger partial charge on any atom is -0.456 e. The lowest BCUT2D eigenvalue weighted by Gasteiger charge is -2.02. The maximum atomic E-state index is 12.4. The molecule has 0 N–H and O–H groups in total. The van der Waals surface area contributed by atoms with E-state index in [0.29, 0.717) is 14.2 Å². The number of fused-ring (bicyclic) bond motifs is 1. The number of hydrogen-bond acceptors (Lipinski definition) is 5. The van der Waals surface area contributed by atoms with Gasteiger partial charge in [-0.1, -0.05) is 23.2 Å². The smallest absolute Gasteiger partial charge is 0.348 e. The number of ether oxygens (including phenoxy) is 1. The van der Waals surface area contributed by atoms with E-state index in [1.54, 1.807) is 6.07 Å². The molecule has 0 unspecified atom stereocenters. The highest BCUT2D eigenvalue weighted by atomic mass is 35.5. The number of nitrogens with zero attached hydrogens (tertiary/aromatic N) is 2. The van der Waals surface area contributed by atoms with Crippen molar-refractivity contribution in [3.8, 4) is 5.69 Å². The summed E-state index contributed by atoms with van der Waals surface area (Å²) < 4.78 is 7.90.